The van der Waals surface area contributed by atoms with Gasteiger partial charge in [-0.05, 0) is 40.2 Å². The fraction of sp³-hybridized carbons (Fsp3) is 0.786. The van der Waals surface area contributed by atoms with Crippen molar-refractivity contribution in [3.8, 4) is 0 Å². The zero-order valence-corrected chi connectivity index (χ0v) is 12.8. The van der Waals surface area contributed by atoms with Gasteiger partial charge in [-0.15, -0.1) is 11.3 Å². The van der Waals surface area contributed by atoms with E-state index in [9.17, 15) is 0 Å². The largest absolute Gasteiger partial charge is 0.308 e. The molecule has 1 N–H and O–H groups in total. The molecule has 1 saturated carbocycles. The highest BCUT2D eigenvalue weighted by molar-refractivity contribution is 7.09. The smallest absolute Gasteiger partial charge is 0.107 e. The number of hydrogen-bond acceptors (Lipinski definition) is 4. The quantitative estimate of drug-likeness (QED) is 0.823. The van der Waals surface area contributed by atoms with Crippen LogP contribution in [0.2, 0.25) is 0 Å². The zero-order valence-electron chi connectivity index (χ0n) is 12.0. The Morgan fingerprint density at radius 2 is 2.22 bits per heavy atom. The van der Waals surface area contributed by atoms with E-state index in [1.165, 1.54) is 23.5 Å². The SMILES string of the molecule is CCC(C)(C)N(C)Cc1csc(CNC2CC2)n1. The maximum atomic E-state index is 4.71. The molecule has 3 nitrogen and oxygen atoms in total. The van der Waals surface area contributed by atoms with E-state index in [1.54, 1.807) is 11.3 Å². The molecule has 4 heteroatoms. The number of nitrogens with zero attached hydrogens (tertiary/aromatic N) is 2. The summed E-state index contributed by atoms with van der Waals surface area (Å²) >= 11 is 1.78. The van der Waals surface area contributed by atoms with Crippen LogP contribution in [-0.2, 0) is 13.1 Å². The zero-order chi connectivity index (χ0) is 13.2. The van der Waals surface area contributed by atoms with Crippen LogP contribution in [0, 0.1) is 0 Å². The summed E-state index contributed by atoms with van der Waals surface area (Å²) in [5.41, 5.74) is 1.45. The standard InChI is InChI=1S/C14H25N3S/c1-5-14(2,3)17(4)9-12-10-18-13(16-12)8-15-11-6-7-11/h10-11,15H,5-9H2,1-4H3. The van der Waals surface area contributed by atoms with Gasteiger partial charge in [-0.3, -0.25) is 4.90 Å². The second-order valence-electron chi connectivity index (χ2n) is 5.91. The molecule has 1 heterocycles. The molecule has 0 radical (unpaired) electrons. The van der Waals surface area contributed by atoms with Gasteiger partial charge in [-0.25, -0.2) is 4.98 Å². The minimum atomic E-state index is 0.246. The molecule has 0 aromatic carbocycles. The van der Waals surface area contributed by atoms with Gasteiger partial charge in [0.2, 0.25) is 0 Å². The van der Waals surface area contributed by atoms with Gasteiger partial charge in [0.15, 0.2) is 0 Å². The molecule has 102 valence electrons. The van der Waals surface area contributed by atoms with Crippen molar-refractivity contribution in [2.45, 2.75) is 64.7 Å². The first-order chi connectivity index (χ1) is 8.51. The summed E-state index contributed by atoms with van der Waals surface area (Å²) in [5.74, 6) is 0. The third-order valence-electron chi connectivity index (χ3n) is 4.02. The average Bonchev–Trinajstić information content (AvgIpc) is 3.07. The molecule has 0 spiro atoms. The van der Waals surface area contributed by atoms with E-state index in [-0.39, 0.29) is 5.54 Å². The molecule has 1 aromatic rings. The normalized spacial score (nSPS) is 16.5. The molecule has 1 aromatic heterocycles. The van der Waals surface area contributed by atoms with Gasteiger partial charge in [0.1, 0.15) is 5.01 Å². The third-order valence-corrected chi connectivity index (χ3v) is 4.91. The fourth-order valence-corrected chi connectivity index (χ4v) is 2.48. The van der Waals surface area contributed by atoms with Crippen molar-refractivity contribution in [2.24, 2.45) is 0 Å². The number of hydrogen-bond donors (Lipinski definition) is 1. The van der Waals surface area contributed by atoms with Crippen LogP contribution in [0.3, 0.4) is 0 Å². The monoisotopic (exact) mass is 267 g/mol. The lowest BCUT2D eigenvalue weighted by Gasteiger charge is -2.34. The number of thiazole rings is 1. The predicted octanol–water partition coefficient (Wildman–Crippen LogP) is 3.02. The molecule has 1 aliphatic carbocycles. The van der Waals surface area contributed by atoms with E-state index >= 15 is 0 Å². The lowest BCUT2D eigenvalue weighted by molar-refractivity contribution is 0.141. The maximum absolute atomic E-state index is 4.71. The summed E-state index contributed by atoms with van der Waals surface area (Å²) < 4.78 is 0. The molecule has 18 heavy (non-hydrogen) atoms. The van der Waals surface area contributed by atoms with Crippen LogP contribution in [0.5, 0.6) is 0 Å². The van der Waals surface area contributed by atoms with Crippen molar-refractivity contribution in [3.63, 3.8) is 0 Å². The number of rotatable bonds is 7. The van der Waals surface area contributed by atoms with Gasteiger partial charge in [0, 0.05) is 30.1 Å². The highest BCUT2D eigenvalue weighted by atomic mass is 32.1. The predicted molar refractivity (Wildman–Crippen MR) is 77.8 cm³/mol. The summed E-state index contributed by atoms with van der Waals surface area (Å²) in [5, 5.41) is 6.94. The Balaban J connectivity index is 1.85. The minimum absolute atomic E-state index is 0.246. The molecular weight excluding hydrogens is 242 g/mol. The summed E-state index contributed by atoms with van der Waals surface area (Å²) in [7, 11) is 2.19. The van der Waals surface area contributed by atoms with Crippen molar-refractivity contribution in [2.75, 3.05) is 7.05 Å². The summed E-state index contributed by atoms with van der Waals surface area (Å²) in [6.07, 6.45) is 3.83. The molecule has 1 aliphatic rings. The van der Waals surface area contributed by atoms with Crippen LogP contribution in [-0.4, -0.2) is 28.5 Å². The number of nitrogens with one attached hydrogen (secondary N) is 1. The molecule has 0 amide bonds. The van der Waals surface area contributed by atoms with Gasteiger partial charge >= 0.3 is 0 Å². The van der Waals surface area contributed by atoms with Crippen molar-refractivity contribution < 1.29 is 0 Å². The van der Waals surface area contributed by atoms with Gasteiger partial charge in [-0.2, -0.15) is 0 Å². The van der Waals surface area contributed by atoms with Crippen LogP contribution >= 0.6 is 11.3 Å². The lowest BCUT2D eigenvalue weighted by atomic mass is 10.00. The van der Waals surface area contributed by atoms with Gasteiger partial charge in [0.25, 0.3) is 0 Å². The van der Waals surface area contributed by atoms with E-state index in [0.29, 0.717) is 0 Å². The minimum Gasteiger partial charge on any atom is -0.308 e. The third kappa shape index (κ3) is 3.77. The molecule has 0 saturated heterocycles. The summed E-state index contributed by atoms with van der Waals surface area (Å²) in [6, 6.07) is 0.763. The first-order valence-corrected chi connectivity index (χ1v) is 7.77. The van der Waals surface area contributed by atoms with Crippen molar-refractivity contribution >= 4 is 11.3 Å². The molecule has 0 bridgehead atoms. The topological polar surface area (TPSA) is 28.2 Å². The van der Waals surface area contributed by atoms with E-state index in [4.69, 9.17) is 4.98 Å². The second kappa shape index (κ2) is 5.68. The summed E-state index contributed by atoms with van der Waals surface area (Å²) in [4.78, 5) is 7.10. The van der Waals surface area contributed by atoms with E-state index in [0.717, 1.165) is 25.6 Å². The van der Waals surface area contributed by atoms with Crippen molar-refractivity contribution in [1.29, 1.82) is 0 Å². The van der Waals surface area contributed by atoms with Crippen LogP contribution in [0.4, 0.5) is 0 Å². The van der Waals surface area contributed by atoms with Gasteiger partial charge < -0.3 is 5.32 Å². The highest BCUT2D eigenvalue weighted by Crippen LogP contribution is 2.22. The Morgan fingerprint density at radius 3 is 2.83 bits per heavy atom. The van der Waals surface area contributed by atoms with E-state index < -0.39 is 0 Å². The van der Waals surface area contributed by atoms with Crippen molar-refractivity contribution in [1.82, 2.24) is 15.2 Å². The molecule has 0 aliphatic heterocycles. The second-order valence-corrected chi connectivity index (χ2v) is 6.85. The Labute approximate surface area is 115 Å². The van der Waals surface area contributed by atoms with E-state index in [2.05, 4.69) is 43.4 Å². The summed E-state index contributed by atoms with van der Waals surface area (Å²) in [6.45, 7) is 8.70. The average molecular weight is 267 g/mol. The molecular formula is C14H25N3S. The van der Waals surface area contributed by atoms with Crippen LogP contribution in [0.1, 0.15) is 50.7 Å². The lowest BCUT2D eigenvalue weighted by Crippen LogP contribution is -2.39. The Morgan fingerprint density at radius 1 is 1.50 bits per heavy atom. The van der Waals surface area contributed by atoms with Gasteiger partial charge in [-0.1, -0.05) is 6.92 Å². The Hall–Kier alpha value is -0.450. The Kier molecular flexibility index (Phi) is 4.41. The first kappa shape index (κ1) is 14.0. The first-order valence-electron chi connectivity index (χ1n) is 6.89. The highest BCUT2D eigenvalue weighted by Gasteiger charge is 2.22. The molecule has 0 unspecified atom stereocenters. The van der Waals surface area contributed by atoms with Gasteiger partial charge in [0.05, 0.1) is 5.69 Å². The van der Waals surface area contributed by atoms with Crippen LogP contribution in [0.25, 0.3) is 0 Å². The van der Waals surface area contributed by atoms with Crippen molar-refractivity contribution in [3.05, 3.63) is 16.1 Å². The Bertz CT molecular complexity index is 382. The molecule has 0 atom stereocenters. The van der Waals surface area contributed by atoms with E-state index in [1.807, 2.05) is 0 Å². The maximum Gasteiger partial charge on any atom is 0.107 e. The molecule has 2 rings (SSSR count). The van der Waals surface area contributed by atoms with Crippen LogP contribution < -0.4 is 5.32 Å². The molecule has 1 fully saturated rings. The number of aromatic nitrogens is 1. The van der Waals surface area contributed by atoms with Crippen LogP contribution in [0.15, 0.2) is 5.38 Å². The fourth-order valence-electron chi connectivity index (χ4n) is 1.75.